The molecule has 6 heteroatoms. The van der Waals surface area contributed by atoms with E-state index in [1.54, 1.807) is 12.1 Å². The van der Waals surface area contributed by atoms with Crippen LogP contribution in [-0.2, 0) is 0 Å². The molecule has 1 aromatic carbocycles. The predicted molar refractivity (Wildman–Crippen MR) is 86.0 cm³/mol. The fourth-order valence-electron chi connectivity index (χ4n) is 2.20. The molecule has 0 radical (unpaired) electrons. The molecule has 22 heavy (non-hydrogen) atoms. The Morgan fingerprint density at radius 3 is 2.59 bits per heavy atom. The molecule has 0 amide bonds. The Hall–Kier alpha value is -2.08. The maximum atomic E-state index is 14.4. The third-order valence-corrected chi connectivity index (χ3v) is 4.34. The van der Waals surface area contributed by atoms with Crippen molar-refractivity contribution in [3.8, 4) is 16.6 Å². The molecule has 0 N–H and O–H groups in total. The van der Waals surface area contributed by atoms with Gasteiger partial charge in [-0.1, -0.05) is 13.8 Å². The number of thiazole rings is 1. The summed E-state index contributed by atoms with van der Waals surface area (Å²) < 4.78 is 19.5. The van der Waals surface area contributed by atoms with Gasteiger partial charge in [0.25, 0.3) is 0 Å². The zero-order chi connectivity index (χ0) is 15.9. The van der Waals surface area contributed by atoms with Crippen LogP contribution in [0.25, 0.3) is 21.7 Å². The van der Waals surface area contributed by atoms with Crippen LogP contribution in [-0.4, -0.2) is 22.1 Å². The minimum Gasteiger partial charge on any atom is -0.494 e. The van der Waals surface area contributed by atoms with Gasteiger partial charge < -0.3 is 4.74 Å². The van der Waals surface area contributed by atoms with Crippen molar-refractivity contribution in [2.75, 3.05) is 7.11 Å². The highest BCUT2D eigenvalue weighted by atomic mass is 32.1. The van der Waals surface area contributed by atoms with Crippen molar-refractivity contribution in [3.63, 3.8) is 0 Å². The number of ether oxygens (including phenoxy) is 1. The van der Waals surface area contributed by atoms with E-state index in [0.29, 0.717) is 22.1 Å². The number of fused-ring (bicyclic) bond motifs is 1. The van der Waals surface area contributed by atoms with Gasteiger partial charge in [0.05, 0.1) is 12.8 Å². The molecule has 0 bridgehead atoms. The lowest BCUT2D eigenvalue weighted by atomic mass is 10.1. The highest BCUT2D eigenvalue weighted by molar-refractivity contribution is 7.13. The van der Waals surface area contributed by atoms with Gasteiger partial charge in [-0.2, -0.15) is 0 Å². The van der Waals surface area contributed by atoms with E-state index in [9.17, 15) is 4.39 Å². The standard InChI is InChI=1S/C16H16FN3OS/c1-8(2)11-7-22-16(19-11)15-18-9(3)10-5-6-12(21-4)13(17)14(10)20-15/h5-8H,1-4H3. The van der Waals surface area contributed by atoms with E-state index in [2.05, 4.69) is 28.8 Å². The van der Waals surface area contributed by atoms with Crippen molar-refractivity contribution in [1.29, 1.82) is 0 Å². The first-order chi connectivity index (χ1) is 10.5. The Kier molecular flexibility index (Phi) is 3.78. The zero-order valence-corrected chi connectivity index (χ0v) is 13.7. The second-order valence-corrected chi connectivity index (χ2v) is 6.20. The molecular formula is C16H16FN3OS. The molecule has 3 aromatic rings. The van der Waals surface area contributed by atoms with Crippen molar-refractivity contribution in [1.82, 2.24) is 15.0 Å². The highest BCUT2D eigenvalue weighted by Crippen LogP contribution is 2.30. The van der Waals surface area contributed by atoms with Gasteiger partial charge in [-0.25, -0.2) is 19.3 Å². The molecule has 0 unspecified atom stereocenters. The summed E-state index contributed by atoms with van der Waals surface area (Å²) >= 11 is 1.47. The molecule has 0 aliphatic carbocycles. The fraction of sp³-hybridized carbons (Fsp3) is 0.312. The van der Waals surface area contributed by atoms with Crippen LogP contribution >= 0.6 is 11.3 Å². The lowest BCUT2D eigenvalue weighted by Crippen LogP contribution is -1.98. The molecule has 2 heterocycles. The summed E-state index contributed by atoms with van der Waals surface area (Å²) in [5.41, 5.74) is 1.98. The van der Waals surface area contributed by atoms with E-state index in [-0.39, 0.29) is 11.3 Å². The number of aromatic nitrogens is 3. The molecule has 4 nitrogen and oxygen atoms in total. The van der Waals surface area contributed by atoms with E-state index in [0.717, 1.165) is 11.4 Å². The molecule has 0 saturated heterocycles. The summed E-state index contributed by atoms with van der Waals surface area (Å²) in [6.07, 6.45) is 0. The SMILES string of the molecule is COc1ccc2c(C)nc(-c3nc(C(C)C)cs3)nc2c1F. The molecule has 0 spiro atoms. The molecule has 3 rings (SSSR count). The Morgan fingerprint density at radius 2 is 1.95 bits per heavy atom. The Morgan fingerprint density at radius 1 is 1.18 bits per heavy atom. The van der Waals surface area contributed by atoms with E-state index in [1.165, 1.54) is 18.4 Å². The first-order valence-corrected chi connectivity index (χ1v) is 7.86. The van der Waals surface area contributed by atoms with Crippen LogP contribution in [0.3, 0.4) is 0 Å². The molecule has 2 aromatic heterocycles. The smallest absolute Gasteiger partial charge is 0.191 e. The van der Waals surface area contributed by atoms with Gasteiger partial charge in [0, 0.05) is 16.5 Å². The summed E-state index contributed by atoms with van der Waals surface area (Å²) in [4.78, 5) is 13.4. The second kappa shape index (κ2) is 5.61. The molecule has 0 fully saturated rings. The quantitative estimate of drug-likeness (QED) is 0.721. The van der Waals surface area contributed by atoms with Crippen LogP contribution in [0, 0.1) is 12.7 Å². The third kappa shape index (κ3) is 2.43. The molecular weight excluding hydrogens is 301 g/mol. The average Bonchev–Trinajstić information content (AvgIpc) is 2.98. The van der Waals surface area contributed by atoms with Crippen LogP contribution in [0.4, 0.5) is 4.39 Å². The average molecular weight is 317 g/mol. The normalized spacial score (nSPS) is 11.4. The van der Waals surface area contributed by atoms with E-state index >= 15 is 0 Å². The van der Waals surface area contributed by atoms with Crippen LogP contribution in [0.15, 0.2) is 17.5 Å². The predicted octanol–water partition coefficient (Wildman–Crippen LogP) is 4.33. The van der Waals surface area contributed by atoms with Crippen molar-refractivity contribution in [2.24, 2.45) is 0 Å². The summed E-state index contributed by atoms with van der Waals surface area (Å²) in [5.74, 6) is 0.503. The number of halogens is 1. The third-order valence-electron chi connectivity index (χ3n) is 3.49. The molecule has 0 atom stereocenters. The van der Waals surface area contributed by atoms with Gasteiger partial charge in [0.15, 0.2) is 22.4 Å². The summed E-state index contributed by atoms with van der Waals surface area (Å²) in [6.45, 7) is 6.00. The number of nitrogens with zero attached hydrogens (tertiary/aromatic N) is 3. The van der Waals surface area contributed by atoms with Crippen LogP contribution in [0.5, 0.6) is 5.75 Å². The van der Waals surface area contributed by atoms with Crippen molar-refractivity contribution in [3.05, 3.63) is 34.7 Å². The number of rotatable bonds is 3. The number of aryl methyl sites for hydroxylation is 1. The molecule has 0 saturated carbocycles. The fourth-order valence-corrected chi connectivity index (χ4v) is 3.12. The number of benzene rings is 1. The van der Waals surface area contributed by atoms with E-state index in [1.807, 2.05) is 12.3 Å². The van der Waals surface area contributed by atoms with Crippen molar-refractivity contribution >= 4 is 22.2 Å². The van der Waals surface area contributed by atoms with E-state index < -0.39 is 5.82 Å². The van der Waals surface area contributed by atoms with Gasteiger partial charge >= 0.3 is 0 Å². The summed E-state index contributed by atoms with van der Waals surface area (Å²) in [6, 6.07) is 3.37. The van der Waals surface area contributed by atoms with Crippen LogP contribution in [0.1, 0.15) is 31.2 Å². The summed E-state index contributed by atoms with van der Waals surface area (Å²) in [7, 11) is 1.44. The van der Waals surface area contributed by atoms with E-state index in [4.69, 9.17) is 4.74 Å². The minimum absolute atomic E-state index is 0.179. The molecule has 0 aliphatic heterocycles. The Balaban J connectivity index is 2.20. The zero-order valence-electron chi connectivity index (χ0n) is 12.8. The Bertz CT molecular complexity index is 845. The highest BCUT2D eigenvalue weighted by Gasteiger charge is 2.16. The minimum atomic E-state index is -0.465. The number of methoxy groups -OCH3 is 1. The number of hydrogen-bond donors (Lipinski definition) is 0. The second-order valence-electron chi connectivity index (χ2n) is 5.34. The number of hydrogen-bond acceptors (Lipinski definition) is 5. The van der Waals surface area contributed by atoms with Crippen molar-refractivity contribution < 1.29 is 9.13 Å². The first-order valence-electron chi connectivity index (χ1n) is 6.98. The van der Waals surface area contributed by atoms with Crippen LogP contribution in [0.2, 0.25) is 0 Å². The maximum absolute atomic E-state index is 14.4. The maximum Gasteiger partial charge on any atom is 0.191 e. The topological polar surface area (TPSA) is 47.9 Å². The lowest BCUT2D eigenvalue weighted by Gasteiger charge is -2.07. The van der Waals surface area contributed by atoms with Crippen molar-refractivity contribution in [2.45, 2.75) is 26.7 Å². The van der Waals surface area contributed by atoms with Crippen LogP contribution < -0.4 is 4.74 Å². The van der Waals surface area contributed by atoms with Gasteiger partial charge in [-0.15, -0.1) is 11.3 Å². The van der Waals surface area contributed by atoms with Gasteiger partial charge in [0.2, 0.25) is 0 Å². The van der Waals surface area contributed by atoms with Gasteiger partial charge in [-0.05, 0) is 25.0 Å². The van der Waals surface area contributed by atoms with Gasteiger partial charge in [0.1, 0.15) is 5.52 Å². The monoisotopic (exact) mass is 317 g/mol. The lowest BCUT2D eigenvalue weighted by molar-refractivity contribution is 0.388. The molecule has 114 valence electrons. The summed E-state index contributed by atoms with van der Waals surface area (Å²) in [5, 5.41) is 3.38. The van der Waals surface area contributed by atoms with Gasteiger partial charge in [-0.3, -0.25) is 0 Å². The molecule has 0 aliphatic rings. The largest absolute Gasteiger partial charge is 0.494 e. The Labute approximate surface area is 132 Å². The first kappa shape index (κ1) is 14.8.